The predicted octanol–water partition coefficient (Wildman–Crippen LogP) is 1.58. The minimum Gasteiger partial charge on any atom is -0.380 e. The number of nitrogens with one attached hydrogen (secondary N) is 1. The van der Waals surface area contributed by atoms with Gasteiger partial charge in [-0.3, -0.25) is 0 Å². The molecule has 0 fully saturated rings. The fourth-order valence-electron chi connectivity index (χ4n) is 0.784. The van der Waals surface area contributed by atoms with E-state index in [-0.39, 0.29) is 0 Å². The SMILES string of the molecule is C=CCC(C)NCC(C)OC. The molecule has 2 nitrogen and oxygen atoms in total. The van der Waals surface area contributed by atoms with Crippen LogP contribution in [-0.2, 0) is 4.74 Å². The van der Waals surface area contributed by atoms with Gasteiger partial charge in [-0.2, -0.15) is 0 Å². The maximum absolute atomic E-state index is 5.09. The van der Waals surface area contributed by atoms with Gasteiger partial charge in [-0.05, 0) is 20.3 Å². The molecular formula is C9H19NO. The molecule has 0 aromatic heterocycles. The highest BCUT2D eigenvalue weighted by Crippen LogP contribution is 1.92. The quantitative estimate of drug-likeness (QED) is 0.591. The maximum atomic E-state index is 5.09. The van der Waals surface area contributed by atoms with E-state index in [0.29, 0.717) is 12.1 Å². The van der Waals surface area contributed by atoms with Crippen molar-refractivity contribution in [1.29, 1.82) is 0 Å². The van der Waals surface area contributed by atoms with Gasteiger partial charge in [-0.15, -0.1) is 6.58 Å². The van der Waals surface area contributed by atoms with Crippen LogP contribution in [0.4, 0.5) is 0 Å². The lowest BCUT2D eigenvalue weighted by Crippen LogP contribution is -2.32. The van der Waals surface area contributed by atoms with E-state index in [1.165, 1.54) is 0 Å². The second-order valence-electron chi connectivity index (χ2n) is 2.88. The second kappa shape index (κ2) is 6.38. The van der Waals surface area contributed by atoms with E-state index in [0.717, 1.165) is 13.0 Å². The fraction of sp³-hybridized carbons (Fsp3) is 0.778. The molecule has 0 bridgehead atoms. The van der Waals surface area contributed by atoms with Crippen LogP contribution in [0.5, 0.6) is 0 Å². The average molecular weight is 157 g/mol. The molecular weight excluding hydrogens is 138 g/mol. The van der Waals surface area contributed by atoms with Crippen LogP contribution in [0.2, 0.25) is 0 Å². The third kappa shape index (κ3) is 6.07. The summed E-state index contributed by atoms with van der Waals surface area (Å²) in [5.41, 5.74) is 0. The smallest absolute Gasteiger partial charge is 0.0667 e. The first-order chi connectivity index (χ1) is 5.20. The molecule has 11 heavy (non-hydrogen) atoms. The normalized spacial score (nSPS) is 15.9. The zero-order chi connectivity index (χ0) is 8.69. The van der Waals surface area contributed by atoms with E-state index < -0.39 is 0 Å². The number of ether oxygens (including phenoxy) is 1. The van der Waals surface area contributed by atoms with E-state index in [9.17, 15) is 0 Å². The predicted molar refractivity (Wildman–Crippen MR) is 48.7 cm³/mol. The van der Waals surface area contributed by atoms with Crippen molar-refractivity contribution in [3.05, 3.63) is 12.7 Å². The minimum absolute atomic E-state index is 0.294. The molecule has 2 atom stereocenters. The highest BCUT2D eigenvalue weighted by Gasteiger charge is 2.01. The molecule has 0 amide bonds. The summed E-state index contributed by atoms with van der Waals surface area (Å²) in [4.78, 5) is 0. The van der Waals surface area contributed by atoms with Crippen molar-refractivity contribution in [3.63, 3.8) is 0 Å². The summed E-state index contributed by atoms with van der Waals surface area (Å²) in [5, 5.41) is 3.34. The van der Waals surface area contributed by atoms with Gasteiger partial charge in [0.15, 0.2) is 0 Å². The van der Waals surface area contributed by atoms with E-state index in [1.54, 1.807) is 7.11 Å². The summed E-state index contributed by atoms with van der Waals surface area (Å²) in [7, 11) is 1.73. The Hall–Kier alpha value is -0.340. The first-order valence-corrected chi connectivity index (χ1v) is 4.07. The van der Waals surface area contributed by atoms with Gasteiger partial charge in [0.2, 0.25) is 0 Å². The topological polar surface area (TPSA) is 21.3 Å². The molecule has 0 saturated heterocycles. The fourth-order valence-corrected chi connectivity index (χ4v) is 0.784. The van der Waals surface area contributed by atoms with Crippen molar-refractivity contribution < 1.29 is 4.74 Å². The van der Waals surface area contributed by atoms with Crippen LogP contribution in [-0.4, -0.2) is 25.8 Å². The van der Waals surface area contributed by atoms with Crippen molar-refractivity contribution in [2.45, 2.75) is 32.4 Å². The molecule has 0 aliphatic rings. The molecule has 0 spiro atoms. The summed E-state index contributed by atoms with van der Waals surface area (Å²) in [6.07, 6.45) is 3.23. The first-order valence-electron chi connectivity index (χ1n) is 4.07. The zero-order valence-corrected chi connectivity index (χ0v) is 7.76. The molecule has 0 aromatic carbocycles. The molecule has 0 saturated carbocycles. The van der Waals surface area contributed by atoms with Gasteiger partial charge in [0.1, 0.15) is 0 Å². The van der Waals surface area contributed by atoms with E-state index in [4.69, 9.17) is 4.74 Å². The van der Waals surface area contributed by atoms with Gasteiger partial charge < -0.3 is 10.1 Å². The third-order valence-corrected chi connectivity index (χ3v) is 1.68. The Morgan fingerprint density at radius 3 is 2.64 bits per heavy atom. The van der Waals surface area contributed by atoms with Crippen molar-refractivity contribution >= 4 is 0 Å². The van der Waals surface area contributed by atoms with Gasteiger partial charge in [0.25, 0.3) is 0 Å². The zero-order valence-electron chi connectivity index (χ0n) is 7.76. The summed E-state index contributed by atoms with van der Waals surface area (Å²) in [5.74, 6) is 0. The van der Waals surface area contributed by atoms with Gasteiger partial charge >= 0.3 is 0 Å². The Kier molecular flexibility index (Phi) is 6.18. The lowest BCUT2D eigenvalue weighted by atomic mass is 10.2. The Morgan fingerprint density at radius 1 is 1.55 bits per heavy atom. The van der Waals surface area contributed by atoms with Gasteiger partial charge in [0.05, 0.1) is 6.10 Å². The summed E-state index contributed by atoms with van der Waals surface area (Å²) in [6.45, 7) is 8.78. The van der Waals surface area contributed by atoms with Crippen LogP contribution >= 0.6 is 0 Å². The summed E-state index contributed by atoms with van der Waals surface area (Å²) < 4.78 is 5.09. The maximum Gasteiger partial charge on any atom is 0.0667 e. The van der Waals surface area contributed by atoms with Gasteiger partial charge in [0, 0.05) is 19.7 Å². The molecule has 0 aliphatic carbocycles. The lowest BCUT2D eigenvalue weighted by Gasteiger charge is -2.15. The second-order valence-corrected chi connectivity index (χ2v) is 2.88. The lowest BCUT2D eigenvalue weighted by molar-refractivity contribution is 0.115. The number of methoxy groups -OCH3 is 1. The van der Waals surface area contributed by atoms with Gasteiger partial charge in [-0.25, -0.2) is 0 Å². The summed E-state index contributed by atoms with van der Waals surface area (Å²) >= 11 is 0. The molecule has 66 valence electrons. The van der Waals surface area contributed by atoms with Crippen LogP contribution in [0.25, 0.3) is 0 Å². The van der Waals surface area contributed by atoms with Crippen molar-refractivity contribution in [2.24, 2.45) is 0 Å². The van der Waals surface area contributed by atoms with Crippen LogP contribution < -0.4 is 5.32 Å². The summed E-state index contributed by atoms with van der Waals surface area (Å²) in [6, 6.07) is 0.505. The van der Waals surface area contributed by atoms with Crippen LogP contribution in [0.3, 0.4) is 0 Å². The van der Waals surface area contributed by atoms with Crippen LogP contribution in [0.15, 0.2) is 12.7 Å². The Balaban J connectivity index is 3.29. The molecule has 0 heterocycles. The molecule has 0 radical (unpaired) electrons. The highest BCUT2D eigenvalue weighted by molar-refractivity contribution is 4.75. The molecule has 1 N–H and O–H groups in total. The van der Waals surface area contributed by atoms with Gasteiger partial charge in [-0.1, -0.05) is 6.08 Å². The first kappa shape index (κ1) is 10.7. The van der Waals surface area contributed by atoms with E-state index in [2.05, 4.69) is 18.8 Å². The number of hydrogen-bond donors (Lipinski definition) is 1. The Bertz CT molecular complexity index is 104. The molecule has 0 aliphatic heterocycles. The highest BCUT2D eigenvalue weighted by atomic mass is 16.5. The standard InChI is InChI=1S/C9H19NO/c1-5-6-8(2)10-7-9(3)11-4/h5,8-10H,1,6-7H2,2-4H3. The Labute approximate surface area is 69.6 Å². The van der Waals surface area contributed by atoms with E-state index in [1.807, 2.05) is 13.0 Å². The molecule has 2 unspecified atom stereocenters. The number of hydrogen-bond acceptors (Lipinski definition) is 2. The largest absolute Gasteiger partial charge is 0.380 e. The van der Waals surface area contributed by atoms with Crippen molar-refractivity contribution in [1.82, 2.24) is 5.32 Å². The Morgan fingerprint density at radius 2 is 2.18 bits per heavy atom. The van der Waals surface area contributed by atoms with Crippen molar-refractivity contribution in [3.8, 4) is 0 Å². The monoisotopic (exact) mass is 157 g/mol. The van der Waals surface area contributed by atoms with Crippen LogP contribution in [0, 0.1) is 0 Å². The third-order valence-electron chi connectivity index (χ3n) is 1.68. The average Bonchev–Trinajstić information content (AvgIpc) is 2.01. The molecule has 0 aromatic rings. The molecule has 2 heteroatoms. The minimum atomic E-state index is 0.294. The molecule has 0 rings (SSSR count). The van der Waals surface area contributed by atoms with Crippen molar-refractivity contribution in [2.75, 3.05) is 13.7 Å². The van der Waals surface area contributed by atoms with Crippen LogP contribution in [0.1, 0.15) is 20.3 Å². The van der Waals surface area contributed by atoms with E-state index >= 15 is 0 Å². The number of rotatable bonds is 6.